The van der Waals surface area contributed by atoms with Gasteiger partial charge in [0.15, 0.2) is 11.9 Å². The number of rotatable bonds is 18. The summed E-state index contributed by atoms with van der Waals surface area (Å²) in [5.41, 5.74) is 2.37. The molecule has 0 saturated heterocycles. The summed E-state index contributed by atoms with van der Waals surface area (Å²) in [7, 11) is 0. The number of aryl methyl sites for hydroxylation is 1. The van der Waals surface area contributed by atoms with Crippen molar-refractivity contribution in [2.24, 2.45) is 5.92 Å². The first-order valence-corrected chi connectivity index (χ1v) is 16.8. The molecule has 1 unspecified atom stereocenters. The van der Waals surface area contributed by atoms with Gasteiger partial charge in [-0.05, 0) is 54.9 Å². The molecule has 1 saturated carbocycles. The van der Waals surface area contributed by atoms with E-state index in [9.17, 15) is 0 Å². The van der Waals surface area contributed by atoms with Gasteiger partial charge in [-0.2, -0.15) is 8.78 Å². The van der Waals surface area contributed by atoms with Crippen molar-refractivity contribution in [3.63, 3.8) is 0 Å². The molecule has 1 aromatic heterocycles. The molecule has 0 spiro atoms. The lowest BCUT2D eigenvalue weighted by Crippen LogP contribution is -2.30. The standard InChI is InChI=1S/C37H47F3N2O/c1-2-3-4-8-11-15-28-19-21-29(22-20-28)30-25-41-36(42-26-30)31-23-24-32-34(35(31)38)37(39,40)33(43-32)16-13-10-7-5-6-9-12-14-27-17-18-27/h19-27,33H,2-18H2,1H3. The highest BCUT2D eigenvalue weighted by Crippen LogP contribution is 2.50. The Morgan fingerprint density at radius 1 is 0.744 bits per heavy atom. The van der Waals surface area contributed by atoms with Gasteiger partial charge in [0.05, 0.1) is 5.56 Å². The van der Waals surface area contributed by atoms with Gasteiger partial charge >= 0.3 is 5.92 Å². The highest BCUT2D eigenvalue weighted by molar-refractivity contribution is 5.66. The van der Waals surface area contributed by atoms with E-state index in [4.69, 9.17) is 4.74 Å². The van der Waals surface area contributed by atoms with Crippen molar-refractivity contribution in [2.75, 3.05) is 0 Å². The van der Waals surface area contributed by atoms with Gasteiger partial charge in [0.1, 0.15) is 17.1 Å². The molecule has 6 heteroatoms. The zero-order chi connectivity index (χ0) is 30.1. The van der Waals surface area contributed by atoms with E-state index >= 15 is 13.2 Å². The predicted octanol–water partition coefficient (Wildman–Crippen LogP) is 11.2. The molecular formula is C37H47F3N2O. The third-order valence-electron chi connectivity index (χ3n) is 9.14. The summed E-state index contributed by atoms with van der Waals surface area (Å²) in [5.74, 6) is -3.38. The zero-order valence-corrected chi connectivity index (χ0v) is 25.7. The van der Waals surface area contributed by atoms with E-state index in [0.717, 1.165) is 42.7 Å². The maximum atomic E-state index is 15.6. The van der Waals surface area contributed by atoms with Crippen molar-refractivity contribution in [2.45, 2.75) is 128 Å². The molecule has 0 radical (unpaired) electrons. The molecule has 1 aliphatic heterocycles. The average Bonchev–Trinajstić information content (AvgIpc) is 3.80. The molecule has 2 aromatic carbocycles. The van der Waals surface area contributed by atoms with E-state index in [2.05, 4.69) is 29.0 Å². The molecule has 0 N–H and O–H groups in total. The van der Waals surface area contributed by atoms with Crippen LogP contribution in [0.4, 0.5) is 13.2 Å². The van der Waals surface area contributed by atoms with E-state index < -0.39 is 23.4 Å². The summed E-state index contributed by atoms with van der Waals surface area (Å²) in [6.07, 6.45) is 21.2. The number of hydrogen-bond acceptors (Lipinski definition) is 3. The smallest absolute Gasteiger partial charge is 0.315 e. The molecule has 1 aliphatic carbocycles. The molecule has 2 aliphatic rings. The largest absolute Gasteiger partial charge is 0.483 e. The number of hydrogen-bond donors (Lipinski definition) is 0. The van der Waals surface area contributed by atoms with Gasteiger partial charge in [0, 0.05) is 18.0 Å². The first kappa shape index (κ1) is 31.5. The number of ether oxygens (including phenoxy) is 1. The van der Waals surface area contributed by atoms with Crippen LogP contribution in [0.3, 0.4) is 0 Å². The Balaban J connectivity index is 1.13. The first-order valence-electron chi connectivity index (χ1n) is 16.8. The van der Waals surface area contributed by atoms with Crippen LogP contribution < -0.4 is 4.74 Å². The maximum absolute atomic E-state index is 15.6. The van der Waals surface area contributed by atoms with E-state index in [1.165, 1.54) is 88.3 Å². The van der Waals surface area contributed by atoms with Gasteiger partial charge in [-0.15, -0.1) is 0 Å². The van der Waals surface area contributed by atoms with E-state index in [0.29, 0.717) is 6.42 Å². The number of alkyl halides is 2. The zero-order valence-electron chi connectivity index (χ0n) is 25.7. The minimum absolute atomic E-state index is 0.0330. The van der Waals surface area contributed by atoms with Crippen LogP contribution >= 0.6 is 0 Å². The second-order valence-corrected chi connectivity index (χ2v) is 12.7. The molecule has 2 heterocycles. The summed E-state index contributed by atoms with van der Waals surface area (Å²) in [6, 6.07) is 11.2. The van der Waals surface area contributed by atoms with Crippen molar-refractivity contribution >= 4 is 0 Å². The summed E-state index contributed by atoms with van der Waals surface area (Å²) >= 11 is 0. The number of nitrogens with zero attached hydrogens (tertiary/aromatic N) is 2. The molecule has 0 amide bonds. The minimum Gasteiger partial charge on any atom is -0.483 e. The first-order chi connectivity index (χ1) is 21.0. The van der Waals surface area contributed by atoms with Crippen LogP contribution in [-0.4, -0.2) is 16.1 Å². The van der Waals surface area contributed by atoms with Gasteiger partial charge in [-0.3, -0.25) is 0 Å². The molecule has 43 heavy (non-hydrogen) atoms. The normalized spacial score (nSPS) is 17.2. The Labute approximate surface area is 255 Å². The number of aromatic nitrogens is 2. The molecule has 232 valence electrons. The average molecular weight is 593 g/mol. The van der Waals surface area contributed by atoms with Crippen molar-refractivity contribution < 1.29 is 17.9 Å². The van der Waals surface area contributed by atoms with Crippen LogP contribution in [0.15, 0.2) is 48.8 Å². The number of benzene rings is 2. The highest BCUT2D eigenvalue weighted by atomic mass is 19.3. The fourth-order valence-electron chi connectivity index (χ4n) is 6.23. The van der Waals surface area contributed by atoms with E-state index in [1.807, 2.05) is 12.1 Å². The molecule has 1 fully saturated rings. The number of halogens is 3. The van der Waals surface area contributed by atoms with Crippen LogP contribution in [0, 0.1) is 11.7 Å². The second-order valence-electron chi connectivity index (χ2n) is 12.7. The van der Waals surface area contributed by atoms with Gasteiger partial charge in [0.2, 0.25) is 0 Å². The Kier molecular flexibility index (Phi) is 11.2. The lowest BCUT2D eigenvalue weighted by atomic mass is 9.97. The minimum atomic E-state index is -3.39. The third kappa shape index (κ3) is 8.39. The molecule has 0 bridgehead atoms. The summed E-state index contributed by atoms with van der Waals surface area (Å²) < 4.78 is 51.9. The Hall–Kier alpha value is -2.89. The molecular weight excluding hydrogens is 545 g/mol. The second kappa shape index (κ2) is 15.2. The molecule has 3 aromatic rings. The van der Waals surface area contributed by atoms with Crippen molar-refractivity contribution in [1.82, 2.24) is 9.97 Å². The fourth-order valence-corrected chi connectivity index (χ4v) is 6.23. The van der Waals surface area contributed by atoms with Crippen LogP contribution in [0.1, 0.15) is 121 Å². The lowest BCUT2D eigenvalue weighted by Gasteiger charge is -2.18. The van der Waals surface area contributed by atoms with Crippen LogP contribution in [-0.2, 0) is 12.3 Å². The number of fused-ring (bicyclic) bond motifs is 1. The van der Waals surface area contributed by atoms with Crippen molar-refractivity contribution in [3.05, 3.63) is 65.7 Å². The van der Waals surface area contributed by atoms with E-state index in [1.54, 1.807) is 12.4 Å². The van der Waals surface area contributed by atoms with Gasteiger partial charge in [0.25, 0.3) is 0 Å². The Morgan fingerprint density at radius 3 is 2.05 bits per heavy atom. The van der Waals surface area contributed by atoms with Crippen molar-refractivity contribution in [3.8, 4) is 28.3 Å². The summed E-state index contributed by atoms with van der Waals surface area (Å²) in [4.78, 5) is 8.70. The van der Waals surface area contributed by atoms with Crippen LogP contribution in [0.2, 0.25) is 0 Å². The molecule has 3 nitrogen and oxygen atoms in total. The van der Waals surface area contributed by atoms with Gasteiger partial charge in [-0.25, -0.2) is 14.4 Å². The van der Waals surface area contributed by atoms with Crippen LogP contribution in [0.25, 0.3) is 22.5 Å². The highest BCUT2D eigenvalue weighted by Gasteiger charge is 2.53. The fraction of sp³-hybridized carbons (Fsp3) is 0.568. The summed E-state index contributed by atoms with van der Waals surface area (Å²) in [6.45, 7) is 2.22. The van der Waals surface area contributed by atoms with Crippen LogP contribution in [0.5, 0.6) is 5.75 Å². The third-order valence-corrected chi connectivity index (χ3v) is 9.14. The monoisotopic (exact) mass is 592 g/mol. The SMILES string of the molecule is CCCCCCCc1ccc(-c2cnc(-c3ccc4c(c3F)C(F)(F)C(CCCCCCCCCC3CC3)O4)nc2)cc1. The van der Waals surface area contributed by atoms with Gasteiger partial charge < -0.3 is 4.74 Å². The number of unbranched alkanes of at least 4 members (excludes halogenated alkanes) is 10. The quantitative estimate of drug-likeness (QED) is 0.138. The molecule has 5 rings (SSSR count). The Bertz CT molecular complexity index is 1290. The maximum Gasteiger partial charge on any atom is 0.315 e. The molecule has 1 atom stereocenters. The lowest BCUT2D eigenvalue weighted by molar-refractivity contribution is -0.0811. The predicted molar refractivity (Wildman–Crippen MR) is 168 cm³/mol. The summed E-state index contributed by atoms with van der Waals surface area (Å²) in [5, 5.41) is 0. The van der Waals surface area contributed by atoms with E-state index in [-0.39, 0.29) is 23.6 Å². The van der Waals surface area contributed by atoms with Gasteiger partial charge in [-0.1, -0.05) is 115 Å². The van der Waals surface area contributed by atoms with Crippen molar-refractivity contribution in [1.29, 1.82) is 0 Å². The Morgan fingerprint density at radius 2 is 1.37 bits per heavy atom. The topological polar surface area (TPSA) is 35.0 Å².